The van der Waals surface area contributed by atoms with E-state index in [2.05, 4.69) is 0 Å². The number of allylic oxidation sites excluding steroid dienone is 1. The standard InChI is InChI=1S/C25H30O5/c1-7-28-22-16-23(29-8-2)19(15-17(22)3)11-14-21(26)18-9-12-20(13-10-18)30-24(27)25(4,5)6/h9-16H,7-8H2,1-6H3/b14-11+. The SMILES string of the molecule is CCOc1cc(OCC)c(/C=C/C(=O)c2ccc(OC(=O)C(C)(C)C)cc2)cc1C. The van der Waals surface area contributed by atoms with Crippen LogP contribution in [0.3, 0.4) is 0 Å². The first-order valence-corrected chi connectivity index (χ1v) is 10.1. The monoisotopic (exact) mass is 410 g/mol. The summed E-state index contributed by atoms with van der Waals surface area (Å²) in [5.41, 5.74) is 1.69. The third kappa shape index (κ3) is 6.21. The van der Waals surface area contributed by atoms with Crippen molar-refractivity contribution in [2.75, 3.05) is 13.2 Å². The maximum absolute atomic E-state index is 12.6. The summed E-state index contributed by atoms with van der Waals surface area (Å²) in [6.45, 7) is 12.2. The van der Waals surface area contributed by atoms with Crippen molar-refractivity contribution in [2.24, 2.45) is 5.41 Å². The van der Waals surface area contributed by atoms with Gasteiger partial charge in [-0.3, -0.25) is 9.59 Å². The number of ketones is 1. The lowest BCUT2D eigenvalue weighted by molar-refractivity contribution is -0.142. The highest BCUT2D eigenvalue weighted by molar-refractivity contribution is 6.07. The second kappa shape index (κ2) is 10.1. The highest BCUT2D eigenvalue weighted by Gasteiger charge is 2.23. The van der Waals surface area contributed by atoms with Crippen LogP contribution in [0.5, 0.6) is 17.2 Å². The third-order valence-corrected chi connectivity index (χ3v) is 4.28. The summed E-state index contributed by atoms with van der Waals surface area (Å²) in [6.07, 6.45) is 3.25. The van der Waals surface area contributed by atoms with Gasteiger partial charge in [-0.05, 0) is 89.6 Å². The molecule has 0 unspecified atom stereocenters. The van der Waals surface area contributed by atoms with Crippen LogP contribution in [0.15, 0.2) is 42.5 Å². The number of benzene rings is 2. The quantitative estimate of drug-likeness (QED) is 0.244. The van der Waals surface area contributed by atoms with Gasteiger partial charge in [-0.15, -0.1) is 0 Å². The zero-order valence-electron chi connectivity index (χ0n) is 18.6. The molecule has 0 heterocycles. The lowest BCUT2D eigenvalue weighted by Gasteiger charge is -2.16. The van der Waals surface area contributed by atoms with Crippen LogP contribution in [0.2, 0.25) is 0 Å². The molecule has 2 aromatic carbocycles. The lowest BCUT2D eigenvalue weighted by atomic mass is 9.97. The van der Waals surface area contributed by atoms with Crippen molar-refractivity contribution in [3.63, 3.8) is 0 Å². The molecular weight excluding hydrogens is 380 g/mol. The number of esters is 1. The molecule has 5 nitrogen and oxygen atoms in total. The largest absolute Gasteiger partial charge is 0.493 e. The van der Waals surface area contributed by atoms with E-state index in [0.29, 0.717) is 30.3 Å². The summed E-state index contributed by atoms with van der Waals surface area (Å²) >= 11 is 0. The van der Waals surface area contributed by atoms with Gasteiger partial charge in [0.05, 0.1) is 18.6 Å². The van der Waals surface area contributed by atoms with Crippen molar-refractivity contribution in [3.8, 4) is 17.2 Å². The summed E-state index contributed by atoms with van der Waals surface area (Å²) in [7, 11) is 0. The first kappa shape index (κ1) is 23.2. The van der Waals surface area contributed by atoms with Crippen molar-refractivity contribution < 1.29 is 23.8 Å². The van der Waals surface area contributed by atoms with Gasteiger partial charge in [0.15, 0.2) is 5.78 Å². The fourth-order valence-corrected chi connectivity index (χ4v) is 2.62. The molecule has 2 rings (SSSR count). The predicted molar refractivity (Wildman–Crippen MR) is 118 cm³/mol. The number of rotatable bonds is 8. The number of carbonyl (C=O) groups excluding carboxylic acids is 2. The van der Waals surface area contributed by atoms with E-state index in [9.17, 15) is 9.59 Å². The smallest absolute Gasteiger partial charge is 0.316 e. The van der Waals surface area contributed by atoms with E-state index in [1.54, 1.807) is 51.1 Å². The van der Waals surface area contributed by atoms with E-state index < -0.39 is 5.41 Å². The molecule has 160 valence electrons. The lowest BCUT2D eigenvalue weighted by Crippen LogP contribution is -2.25. The topological polar surface area (TPSA) is 61.8 Å². The molecule has 0 atom stereocenters. The average Bonchev–Trinajstić information content (AvgIpc) is 2.69. The van der Waals surface area contributed by atoms with Gasteiger partial charge < -0.3 is 14.2 Å². The summed E-state index contributed by atoms with van der Waals surface area (Å²) in [4.78, 5) is 24.5. The molecule has 0 spiro atoms. The first-order valence-electron chi connectivity index (χ1n) is 10.1. The molecule has 0 saturated carbocycles. The second-order valence-electron chi connectivity index (χ2n) is 7.88. The maximum Gasteiger partial charge on any atom is 0.316 e. The number of aryl methyl sites for hydroxylation is 1. The molecule has 0 aromatic heterocycles. The van der Waals surface area contributed by atoms with E-state index >= 15 is 0 Å². The van der Waals surface area contributed by atoms with Gasteiger partial charge in [-0.2, -0.15) is 0 Å². The molecule has 0 aliphatic carbocycles. The van der Waals surface area contributed by atoms with Crippen LogP contribution >= 0.6 is 0 Å². The van der Waals surface area contributed by atoms with Gasteiger partial charge >= 0.3 is 5.97 Å². The number of hydrogen-bond donors (Lipinski definition) is 0. The fraction of sp³-hybridized carbons (Fsp3) is 0.360. The third-order valence-electron chi connectivity index (χ3n) is 4.28. The summed E-state index contributed by atoms with van der Waals surface area (Å²) in [6, 6.07) is 10.3. The van der Waals surface area contributed by atoms with Crippen molar-refractivity contribution in [3.05, 3.63) is 59.2 Å². The van der Waals surface area contributed by atoms with Gasteiger partial charge in [-0.1, -0.05) is 0 Å². The van der Waals surface area contributed by atoms with Gasteiger partial charge in [0.25, 0.3) is 0 Å². The zero-order valence-corrected chi connectivity index (χ0v) is 18.6. The Morgan fingerprint density at radius 1 is 0.933 bits per heavy atom. The van der Waals surface area contributed by atoms with Gasteiger partial charge in [0, 0.05) is 17.2 Å². The fourth-order valence-electron chi connectivity index (χ4n) is 2.62. The van der Waals surface area contributed by atoms with E-state index in [0.717, 1.165) is 16.9 Å². The van der Waals surface area contributed by atoms with Crippen LogP contribution in [0, 0.1) is 12.3 Å². The highest BCUT2D eigenvalue weighted by Crippen LogP contribution is 2.30. The molecule has 2 aromatic rings. The molecule has 0 bridgehead atoms. The first-order chi connectivity index (χ1) is 14.2. The van der Waals surface area contributed by atoms with Gasteiger partial charge in [0.2, 0.25) is 0 Å². The van der Waals surface area contributed by atoms with Gasteiger partial charge in [-0.25, -0.2) is 0 Å². The molecule has 0 saturated heterocycles. The Balaban J connectivity index is 2.17. The van der Waals surface area contributed by atoms with E-state index in [1.165, 1.54) is 6.08 Å². The Hall–Kier alpha value is -3.08. The zero-order chi connectivity index (χ0) is 22.3. The van der Waals surface area contributed by atoms with Crippen molar-refractivity contribution in [1.82, 2.24) is 0 Å². The van der Waals surface area contributed by atoms with Crippen molar-refractivity contribution >= 4 is 17.8 Å². The Morgan fingerprint density at radius 3 is 2.10 bits per heavy atom. The number of carbonyl (C=O) groups is 2. The van der Waals surface area contributed by atoms with Crippen LogP contribution < -0.4 is 14.2 Å². The van der Waals surface area contributed by atoms with Crippen LogP contribution in [0.4, 0.5) is 0 Å². The molecule has 30 heavy (non-hydrogen) atoms. The summed E-state index contributed by atoms with van der Waals surface area (Å²) < 4.78 is 16.7. The molecule has 0 radical (unpaired) electrons. The van der Waals surface area contributed by atoms with Crippen LogP contribution in [-0.2, 0) is 4.79 Å². The molecule has 0 amide bonds. The van der Waals surface area contributed by atoms with Crippen LogP contribution in [-0.4, -0.2) is 25.0 Å². The van der Waals surface area contributed by atoms with Crippen LogP contribution in [0.1, 0.15) is 56.1 Å². The molecule has 0 N–H and O–H groups in total. The molecule has 0 aliphatic heterocycles. The number of ether oxygens (including phenoxy) is 3. The minimum atomic E-state index is -0.592. The van der Waals surface area contributed by atoms with E-state index in [4.69, 9.17) is 14.2 Å². The summed E-state index contributed by atoms with van der Waals surface area (Å²) in [5.74, 6) is 1.37. The second-order valence-corrected chi connectivity index (χ2v) is 7.88. The molecule has 0 aliphatic rings. The molecule has 0 fully saturated rings. The van der Waals surface area contributed by atoms with Crippen molar-refractivity contribution in [1.29, 1.82) is 0 Å². The Bertz CT molecular complexity index is 918. The minimum absolute atomic E-state index is 0.155. The summed E-state index contributed by atoms with van der Waals surface area (Å²) in [5, 5.41) is 0. The number of hydrogen-bond acceptors (Lipinski definition) is 5. The maximum atomic E-state index is 12.6. The predicted octanol–water partition coefficient (Wildman–Crippen LogP) is 5.64. The average molecular weight is 411 g/mol. The Labute approximate surface area is 178 Å². The normalized spacial score (nSPS) is 11.4. The van der Waals surface area contributed by atoms with E-state index in [-0.39, 0.29) is 11.8 Å². The van der Waals surface area contributed by atoms with E-state index in [1.807, 2.05) is 32.9 Å². The van der Waals surface area contributed by atoms with Crippen molar-refractivity contribution in [2.45, 2.75) is 41.5 Å². The molecular formula is C25H30O5. The Kier molecular flexibility index (Phi) is 7.81. The van der Waals surface area contributed by atoms with Crippen LogP contribution in [0.25, 0.3) is 6.08 Å². The Morgan fingerprint density at radius 2 is 1.53 bits per heavy atom. The highest BCUT2D eigenvalue weighted by atomic mass is 16.5. The molecule has 5 heteroatoms. The minimum Gasteiger partial charge on any atom is -0.493 e. The van der Waals surface area contributed by atoms with Gasteiger partial charge in [0.1, 0.15) is 17.2 Å².